The van der Waals surface area contributed by atoms with Crippen LogP contribution in [-0.2, 0) is 10.0 Å². The molecule has 0 bridgehead atoms. The number of hydrogen-bond acceptors (Lipinski definition) is 4. The van der Waals surface area contributed by atoms with Gasteiger partial charge in [0.1, 0.15) is 4.90 Å². The van der Waals surface area contributed by atoms with Crippen LogP contribution in [0.4, 0.5) is 8.78 Å². The van der Waals surface area contributed by atoms with Crippen LogP contribution in [-0.4, -0.2) is 47.6 Å². The van der Waals surface area contributed by atoms with Crippen molar-refractivity contribution in [3.05, 3.63) is 29.3 Å². The predicted octanol–water partition coefficient (Wildman–Crippen LogP) is 0.418. The molecule has 6 nitrogen and oxygen atoms in total. The summed E-state index contributed by atoms with van der Waals surface area (Å²) in [6, 6.07) is 0.964. The Hall–Kier alpha value is -1.58. The largest absolute Gasteiger partial charge is 0.478 e. The molecule has 9 heteroatoms. The minimum absolute atomic E-state index is 0.270. The average Bonchev–Trinajstić information content (AvgIpc) is 2.28. The van der Waals surface area contributed by atoms with Crippen LogP contribution >= 0.6 is 0 Å². The second-order valence-corrected chi connectivity index (χ2v) is 6.75. The number of carboxylic acids is 1. The van der Waals surface area contributed by atoms with Gasteiger partial charge in [0.15, 0.2) is 11.6 Å². The molecule has 1 aliphatic rings. The van der Waals surface area contributed by atoms with Gasteiger partial charge in [-0.2, -0.15) is 4.31 Å². The van der Waals surface area contributed by atoms with Crippen molar-refractivity contribution in [2.45, 2.75) is 17.4 Å². The summed E-state index contributed by atoms with van der Waals surface area (Å²) in [6.45, 7) is 0.852. The molecule has 0 atom stereocenters. The van der Waals surface area contributed by atoms with Crippen LogP contribution in [0.25, 0.3) is 0 Å². The lowest BCUT2D eigenvalue weighted by molar-refractivity contribution is -0.0427. The maximum Gasteiger partial charge on any atom is 0.335 e. The Morgan fingerprint density at radius 1 is 1.35 bits per heavy atom. The number of carboxylic acid groups (broad SMARTS) is 1. The molecular weight excluding hydrogens is 296 g/mol. The Morgan fingerprint density at radius 2 is 1.90 bits per heavy atom. The molecule has 1 heterocycles. The van der Waals surface area contributed by atoms with Crippen molar-refractivity contribution in [1.82, 2.24) is 4.31 Å². The summed E-state index contributed by atoms with van der Waals surface area (Å²) in [6.07, 6.45) is 0. The molecule has 0 saturated carbocycles. The summed E-state index contributed by atoms with van der Waals surface area (Å²) in [4.78, 5) is 9.71. The lowest BCUT2D eigenvalue weighted by Gasteiger charge is -2.42. The summed E-state index contributed by atoms with van der Waals surface area (Å²) in [5.41, 5.74) is -1.90. The fraction of sp³-hybridized carbons (Fsp3) is 0.364. The molecule has 110 valence electrons. The summed E-state index contributed by atoms with van der Waals surface area (Å²) in [5.74, 6) is -4.77. The second-order valence-electron chi connectivity index (χ2n) is 4.85. The van der Waals surface area contributed by atoms with E-state index in [1.807, 2.05) is 0 Å². The zero-order valence-electron chi connectivity index (χ0n) is 10.3. The third-order valence-corrected chi connectivity index (χ3v) is 4.68. The van der Waals surface area contributed by atoms with E-state index in [-0.39, 0.29) is 13.1 Å². The van der Waals surface area contributed by atoms with Crippen LogP contribution in [0.15, 0.2) is 17.0 Å². The lowest BCUT2D eigenvalue weighted by atomic mass is 10.0. The highest BCUT2D eigenvalue weighted by Gasteiger charge is 2.45. The van der Waals surface area contributed by atoms with Crippen LogP contribution in [0, 0.1) is 11.6 Å². The van der Waals surface area contributed by atoms with E-state index in [9.17, 15) is 27.1 Å². The molecule has 2 N–H and O–H groups in total. The first kappa shape index (κ1) is 14.8. The summed E-state index contributed by atoms with van der Waals surface area (Å²) in [7, 11) is -4.39. The molecule has 0 unspecified atom stereocenters. The molecule has 0 spiro atoms. The van der Waals surface area contributed by atoms with Crippen molar-refractivity contribution in [2.75, 3.05) is 13.1 Å². The van der Waals surface area contributed by atoms with E-state index in [0.717, 1.165) is 4.31 Å². The Bertz CT molecular complexity index is 678. The number of β-amino-alcohol motifs (C(OH)–C–C–N with tert-alkyl or cyclic N) is 1. The van der Waals surface area contributed by atoms with Crippen molar-refractivity contribution in [3.8, 4) is 0 Å². The van der Waals surface area contributed by atoms with Gasteiger partial charge >= 0.3 is 5.97 Å². The van der Waals surface area contributed by atoms with E-state index < -0.39 is 43.7 Å². The Kier molecular flexibility index (Phi) is 3.31. The van der Waals surface area contributed by atoms with Crippen LogP contribution < -0.4 is 0 Å². The number of halogens is 2. The summed E-state index contributed by atoms with van der Waals surface area (Å²) in [5, 5.41) is 18.2. The zero-order chi connectivity index (χ0) is 15.3. The molecule has 0 radical (unpaired) electrons. The topological polar surface area (TPSA) is 94.9 Å². The quantitative estimate of drug-likeness (QED) is 0.844. The monoisotopic (exact) mass is 307 g/mol. The third-order valence-electron chi connectivity index (χ3n) is 2.89. The number of carbonyl (C=O) groups is 1. The highest BCUT2D eigenvalue weighted by Crippen LogP contribution is 2.30. The SMILES string of the molecule is CC1(O)CN(S(=O)(=O)c2cc(C(=O)O)cc(F)c2F)C1. The maximum absolute atomic E-state index is 13.6. The van der Waals surface area contributed by atoms with Crippen molar-refractivity contribution >= 4 is 16.0 Å². The van der Waals surface area contributed by atoms with Crippen LogP contribution in [0.5, 0.6) is 0 Å². The van der Waals surface area contributed by atoms with Gasteiger partial charge in [-0.05, 0) is 19.1 Å². The molecule has 1 saturated heterocycles. The minimum Gasteiger partial charge on any atom is -0.478 e. The zero-order valence-corrected chi connectivity index (χ0v) is 11.1. The first-order chi connectivity index (χ1) is 9.04. The van der Waals surface area contributed by atoms with Crippen molar-refractivity contribution in [1.29, 1.82) is 0 Å². The second kappa shape index (κ2) is 4.47. The van der Waals surface area contributed by atoms with E-state index in [1.165, 1.54) is 6.92 Å². The molecule has 0 amide bonds. The van der Waals surface area contributed by atoms with Crippen LogP contribution in [0.1, 0.15) is 17.3 Å². The van der Waals surface area contributed by atoms with Crippen molar-refractivity contribution in [2.24, 2.45) is 0 Å². The summed E-state index contributed by atoms with van der Waals surface area (Å²) < 4.78 is 51.8. The van der Waals surface area contributed by atoms with Gasteiger partial charge < -0.3 is 10.2 Å². The van der Waals surface area contributed by atoms with Gasteiger partial charge in [-0.1, -0.05) is 0 Å². The average molecular weight is 307 g/mol. The predicted molar refractivity (Wildman–Crippen MR) is 62.7 cm³/mol. The van der Waals surface area contributed by atoms with E-state index in [1.54, 1.807) is 0 Å². The van der Waals surface area contributed by atoms with Crippen LogP contribution in [0.3, 0.4) is 0 Å². The first-order valence-corrected chi connectivity index (χ1v) is 6.93. The number of nitrogens with zero attached hydrogens (tertiary/aromatic N) is 1. The van der Waals surface area contributed by atoms with E-state index >= 15 is 0 Å². The highest BCUT2D eigenvalue weighted by molar-refractivity contribution is 7.89. The Balaban J connectivity index is 2.49. The normalized spacial score (nSPS) is 18.6. The van der Waals surface area contributed by atoms with Crippen molar-refractivity contribution in [3.63, 3.8) is 0 Å². The minimum atomic E-state index is -4.39. The molecule has 0 aromatic heterocycles. The number of sulfonamides is 1. The Labute approximate surface area is 113 Å². The van der Waals surface area contributed by atoms with E-state index in [0.29, 0.717) is 12.1 Å². The van der Waals surface area contributed by atoms with Gasteiger partial charge in [0.05, 0.1) is 11.2 Å². The Morgan fingerprint density at radius 3 is 2.35 bits per heavy atom. The number of rotatable bonds is 3. The molecule has 0 aliphatic carbocycles. The standard InChI is InChI=1S/C11H11F2NO5S/c1-11(17)4-14(5-11)20(18,19)8-3-6(10(15)16)2-7(12)9(8)13/h2-3,17H,4-5H2,1H3,(H,15,16). The number of aromatic carboxylic acids is 1. The van der Waals surface area contributed by atoms with Crippen LogP contribution in [0.2, 0.25) is 0 Å². The summed E-state index contributed by atoms with van der Waals surface area (Å²) >= 11 is 0. The fourth-order valence-electron chi connectivity index (χ4n) is 1.90. The molecular formula is C11H11F2NO5S. The molecule has 20 heavy (non-hydrogen) atoms. The molecule has 1 aromatic carbocycles. The number of aliphatic hydroxyl groups is 1. The van der Waals surface area contributed by atoms with E-state index in [2.05, 4.69) is 0 Å². The smallest absolute Gasteiger partial charge is 0.335 e. The number of benzene rings is 1. The van der Waals surface area contributed by atoms with Gasteiger partial charge in [-0.25, -0.2) is 22.0 Å². The molecule has 1 aromatic rings. The lowest BCUT2D eigenvalue weighted by Crippen LogP contribution is -2.61. The maximum atomic E-state index is 13.6. The van der Waals surface area contributed by atoms with Gasteiger partial charge in [-0.15, -0.1) is 0 Å². The fourth-order valence-corrected chi connectivity index (χ4v) is 3.67. The number of hydrogen-bond donors (Lipinski definition) is 2. The van der Waals surface area contributed by atoms with Gasteiger partial charge in [-0.3, -0.25) is 0 Å². The van der Waals surface area contributed by atoms with E-state index in [4.69, 9.17) is 5.11 Å². The molecule has 1 fully saturated rings. The van der Waals surface area contributed by atoms with Crippen molar-refractivity contribution < 1.29 is 32.2 Å². The first-order valence-electron chi connectivity index (χ1n) is 5.49. The third kappa shape index (κ3) is 2.39. The van der Waals surface area contributed by atoms with Gasteiger partial charge in [0.2, 0.25) is 10.0 Å². The van der Waals surface area contributed by atoms with Gasteiger partial charge in [0, 0.05) is 13.1 Å². The highest BCUT2D eigenvalue weighted by atomic mass is 32.2. The molecule has 1 aliphatic heterocycles. The van der Waals surface area contributed by atoms with Gasteiger partial charge in [0.25, 0.3) is 0 Å². The molecule has 2 rings (SSSR count).